The number of piperazine rings is 1. The van der Waals surface area contributed by atoms with Crippen molar-refractivity contribution in [2.24, 2.45) is 0 Å². The van der Waals surface area contributed by atoms with E-state index in [1.807, 2.05) is 12.3 Å². The highest BCUT2D eigenvalue weighted by molar-refractivity contribution is 5.81. The second-order valence-corrected chi connectivity index (χ2v) is 4.48. The highest BCUT2D eigenvalue weighted by Gasteiger charge is 2.27. The Morgan fingerprint density at radius 3 is 3.28 bits per heavy atom. The summed E-state index contributed by atoms with van der Waals surface area (Å²) in [6, 6.07) is 3.97. The molecule has 2 N–H and O–H groups in total. The molecular weight excluding hydrogens is 228 g/mol. The number of carbonyl (C=O) groups excluding carboxylic acids is 1. The first-order valence-electron chi connectivity index (χ1n) is 6.36. The molecular formula is C13H20N4O. The van der Waals surface area contributed by atoms with E-state index in [1.165, 1.54) is 5.56 Å². The number of nitrogens with zero attached hydrogens (tertiary/aromatic N) is 2. The van der Waals surface area contributed by atoms with Crippen LogP contribution in [0.4, 0.5) is 0 Å². The Bertz CT molecular complexity index is 382. The highest BCUT2D eigenvalue weighted by atomic mass is 16.2. The second kappa shape index (κ2) is 6.47. The maximum atomic E-state index is 11.8. The quantitative estimate of drug-likeness (QED) is 0.764. The molecule has 5 nitrogen and oxygen atoms in total. The molecule has 2 heterocycles. The van der Waals surface area contributed by atoms with Crippen molar-refractivity contribution in [2.75, 3.05) is 33.2 Å². The molecule has 2 rings (SSSR count). The SMILES string of the molecule is CNC(=O)C1CNCCN1CCc1cccnc1. The van der Waals surface area contributed by atoms with E-state index in [2.05, 4.69) is 26.6 Å². The fourth-order valence-corrected chi connectivity index (χ4v) is 2.26. The van der Waals surface area contributed by atoms with Gasteiger partial charge >= 0.3 is 0 Å². The molecule has 1 unspecified atom stereocenters. The zero-order valence-corrected chi connectivity index (χ0v) is 10.7. The number of hydrogen-bond donors (Lipinski definition) is 2. The molecule has 98 valence electrons. The van der Waals surface area contributed by atoms with E-state index in [-0.39, 0.29) is 11.9 Å². The van der Waals surface area contributed by atoms with Crippen LogP contribution in [0.3, 0.4) is 0 Å². The van der Waals surface area contributed by atoms with E-state index in [9.17, 15) is 4.79 Å². The van der Waals surface area contributed by atoms with Crippen molar-refractivity contribution in [1.29, 1.82) is 0 Å². The van der Waals surface area contributed by atoms with Gasteiger partial charge in [-0.15, -0.1) is 0 Å². The third kappa shape index (κ3) is 3.27. The van der Waals surface area contributed by atoms with Gasteiger partial charge < -0.3 is 10.6 Å². The molecule has 0 spiro atoms. The zero-order chi connectivity index (χ0) is 12.8. The summed E-state index contributed by atoms with van der Waals surface area (Å²) in [5, 5.41) is 5.99. The van der Waals surface area contributed by atoms with E-state index in [1.54, 1.807) is 13.2 Å². The van der Waals surface area contributed by atoms with Crippen LogP contribution in [0.5, 0.6) is 0 Å². The zero-order valence-electron chi connectivity index (χ0n) is 10.7. The normalized spacial score (nSPS) is 20.6. The van der Waals surface area contributed by atoms with Gasteiger partial charge in [0.15, 0.2) is 0 Å². The Hall–Kier alpha value is -1.46. The van der Waals surface area contributed by atoms with Crippen LogP contribution in [-0.2, 0) is 11.2 Å². The summed E-state index contributed by atoms with van der Waals surface area (Å²) in [4.78, 5) is 18.1. The van der Waals surface area contributed by atoms with Crippen molar-refractivity contribution >= 4 is 5.91 Å². The Kier molecular flexibility index (Phi) is 4.66. The van der Waals surface area contributed by atoms with Gasteiger partial charge in [-0.2, -0.15) is 0 Å². The van der Waals surface area contributed by atoms with Gasteiger partial charge in [0, 0.05) is 45.6 Å². The lowest BCUT2D eigenvalue weighted by Crippen LogP contribution is -2.57. The van der Waals surface area contributed by atoms with Crippen molar-refractivity contribution in [3.05, 3.63) is 30.1 Å². The smallest absolute Gasteiger partial charge is 0.238 e. The summed E-state index contributed by atoms with van der Waals surface area (Å²) < 4.78 is 0. The Balaban J connectivity index is 1.91. The number of rotatable bonds is 4. The summed E-state index contributed by atoms with van der Waals surface area (Å²) in [5.74, 6) is 0.0911. The standard InChI is InChI=1S/C13H20N4O/c1-14-13(18)12-10-16-6-8-17(12)7-4-11-3-2-5-15-9-11/h2-3,5,9,12,16H,4,6-8,10H2,1H3,(H,14,18). The predicted molar refractivity (Wildman–Crippen MR) is 70.2 cm³/mol. The minimum Gasteiger partial charge on any atom is -0.358 e. The molecule has 0 radical (unpaired) electrons. The molecule has 1 fully saturated rings. The van der Waals surface area contributed by atoms with Crippen LogP contribution in [0.15, 0.2) is 24.5 Å². The third-order valence-electron chi connectivity index (χ3n) is 3.31. The van der Waals surface area contributed by atoms with Crippen LogP contribution >= 0.6 is 0 Å². The average Bonchev–Trinajstić information content (AvgIpc) is 2.45. The predicted octanol–water partition coefficient (Wildman–Crippen LogP) is -0.356. The largest absolute Gasteiger partial charge is 0.358 e. The molecule has 0 saturated carbocycles. The summed E-state index contributed by atoms with van der Waals surface area (Å²) in [6.07, 6.45) is 4.60. The average molecular weight is 248 g/mol. The molecule has 0 aliphatic carbocycles. The Morgan fingerprint density at radius 2 is 2.56 bits per heavy atom. The lowest BCUT2D eigenvalue weighted by Gasteiger charge is -2.34. The number of amides is 1. The number of aromatic nitrogens is 1. The van der Waals surface area contributed by atoms with Crippen molar-refractivity contribution in [3.8, 4) is 0 Å². The molecule has 1 atom stereocenters. The Labute approximate surface area is 108 Å². The van der Waals surface area contributed by atoms with E-state index >= 15 is 0 Å². The van der Waals surface area contributed by atoms with Gasteiger partial charge in [-0.1, -0.05) is 6.07 Å². The lowest BCUT2D eigenvalue weighted by atomic mass is 10.1. The minimum atomic E-state index is -0.0552. The van der Waals surface area contributed by atoms with Gasteiger partial charge in [0.05, 0.1) is 0 Å². The molecule has 1 saturated heterocycles. The van der Waals surface area contributed by atoms with Crippen LogP contribution in [0.1, 0.15) is 5.56 Å². The van der Waals surface area contributed by atoms with E-state index in [0.29, 0.717) is 0 Å². The summed E-state index contributed by atoms with van der Waals surface area (Å²) in [7, 11) is 1.69. The van der Waals surface area contributed by atoms with E-state index in [0.717, 1.165) is 32.6 Å². The minimum absolute atomic E-state index is 0.0552. The maximum Gasteiger partial charge on any atom is 0.238 e. The molecule has 0 aromatic carbocycles. The van der Waals surface area contributed by atoms with Crippen molar-refractivity contribution in [3.63, 3.8) is 0 Å². The first-order chi connectivity index (χ1) is 8.81. The number of likely N-dealkylation sites (N-methyl/N-ethyl adjacent to an activating group) is 1. The van der Waals surface area contributed by atoms with Crippen LogP contribution in [0, 0.1) is 0 Å². The van der Waals surface area contributed by atoms with Crippen LogP contribution in [0.2, 0.25) is 0 Å². The fraction of sp³-hybridized carbons (Fsp3) is 0.538. The monoisotopic (exact) mass is 248 g/mol. The molecule has 1 aliphatic rings. The number of pyridine rings is 1. The van der Waals surface area contributed by atoms with Crippen LogP contribution < -0.4 is 10.6 Å². The first-order valence-corrected chi connectivity index (χ1v) is 6.36. The summed E-state index contributed by atoms with van der Waals surface area (Å²) in [6.45, 7) is 3.48. The first kappa shape index (κ1) is 13.0. The molecule has 1 aromatic rings. The van der Waals surface area contributed by atoms with Gasteiger partial charge in [0.2, 0.25) is 5.91 Å². The molecule has 0 bridgehead atoms. The highest BCUT2D eigenvalue weighted by Crippen LogP contribution is 2.06. The van der Waals surface area contributed by atoms with Gasteiger partial charge in [0.25, 0.3) is 0 Å². The van der Waals surface area contributed by atoms with Crippen LogP contribution in [0.25, 0.3) is 0 Å². The molecule has 1 aromatic heterocycles. The number of hydrogen-bond acceptors (Lipinski definition) is 4. The van der Waals surface area contributed by atoms with Crippen LogP contribution in [-0.4, -0.2) is 55.1 Å². The molecule has 5 heteroatoms. The van der Waals surface area contributed by atoms with Gasteiger partial charge in [0.1, 0.15) is 6.04 Å². The van der Waals surface area contributed by atoms with Gasteiger partial charge in [-0.3, -0.25) is 14.7 Å². The molecule has 1 amide bonds. The molecule has 1 aliphatic heterocycles. The van der Waals surface area contributed by atoms with Gasteiger partial charge in [-0.25, -0.2) is 0 Å². The van der Waals surface area contributed by atoms with E-state index in [4.69, 9.17) is 0 Å². The van der Waals surface area contributed by atoms with Gasteiger partial charge in [-0.05, 0) is 18.1 Å². The van der Waals surface area contributed by atoms with Crippen molar-refractivity contribution in [1.82, 2.24) is 20.5 Å². The number of carbonyl (C=O) groups is 1. The summed E-state index contributed by atoms with van der Waals surface area (Å²) >= 11 is 0. The van der Waals surface area contributed by atoms with E-state index < -0.39 is 0 Å². The second-order valence-electron chi connectivity index (χ2n) is 4.48. The van der Waals surface area contributed by atoms with Crippen molar-refractivity contribution in [2.45, 2.75) is 12.5 Å². The lowest BCUT2D eigenvalue weighted by molar-refractivity contribution is -0.126. The maximum absolute atomic E-state index is 11.8. The Morgan fingerprint density at radius 1 is 1.67 bits per heavy atom. The topological polar surface area (TPSA) is 57.3 Å². The fourth-order valence-electron chi connectivity index (χ4n) is 2.26. The summed E-state index contributed by atoms with van der Waals surface area (Å²) in [5.41, 5.74) is 1.21. The molecule has 18 heavy (non-hydrogen) atoms. The third-order valence-corrected chi connectivity index (χ3v) is 3.31. The number of nitrogens with one attached hydrogen (secondary N) is 2. The van der Waals surface area contributed by atoms with Crippen molar-refractivity contribution < 1.29 is 4.79 Å².